The number of hydrogen-bond acceptors (Lipinski definition) is 2. The first kappa shape index (κ1) is 12.7. The minimum absolute atomic E-state index is 0.0305. The van der Waals surface area contributed by atoms with Gasteiger partial charge in [-0.3, -0.25) is 9.59 Å². The summed E-state index contributed by atoms with van der Waals surface area (Å²) in [5, 5.41) is 0. The summed E-state index contributed by atoms with van der Waals surface area (Å²) in [6.45, 7) is 0. The van der Waals surface area contributed by atoms with Crippen LogP contribution in [0.1, 0.15) is 12.0 Å². The van der Waals surface area contributed by atoms with Crippen molar-refractivity contribution >= 4 is 33.4 Å². The lowest BCUT2D eigenvalue weighted by molar-refractivity contribution is -0.137. The first-order valence-corrected chi connectivity index (χ1v) is 6.34. The van der Waals surface area contributed by atoms with Crippen LogP contribution in [0.25, 0.3) is 0 Å². The van der Waals surface area contributed by atoms with Crippen molar-refractivity contribution < 1.29 is 22.8 Å². The Labute approximate surface area is 114 Å². The first-order valence-electron chi connectivity index (χ1n) is 5.55. The summed E-state index contributed by atoms with van der Waals surface area (Å²) >= 11 is 3.08. The van der Waals surface area contributed by atoms with Gasteiger partial charge in [0.15, 0.2) is 0 Å². The van der Waals surface area contributed by atoms with E-state index in [1.54, 1.807) is 0 Å². The quantitative estimate of drug-likeness (QED) is 0.741. The summed E-state index contributed by atoms with van der Waals surface area (Å²) in [6, 6.07) is 2.92. The number of halogens is 4. The van der Waals surface area contributed by atoms with E-state index in [1.165, 1.54) is 6.07 Å². The maximum atomic E-state index is 12.7. The minimum atomic E-state index is -4.51. The van der Waals surface area contributed by atoms with E-state index < -0.39 is 23.6 Å². The number of fused-ring (bicyclic) bond motifs is 1. The van der Waals surface area contributed by atoms with Crippen LogP contribution in [-0.2, 0) is 15.8 Å². The van der Waals surface area contributed by atoms with E-state index in [1.807, 2.05) is 0 Å². The van der Waals surface area contributed by atoms with Gasteiger partial charge < -0.3 is 0 Å². The van der Waals surface area contributed by atoms with Crippen LogP contribution in [0, 0.1) is 11.8 Å². The number of rotatable bonds is 1. The van der Waals surface area contributed by atoms with Gasteiger partial charge in [-0.25, -0.2) is 4.90 Å². The van der Waals surface area contributed by atoms with E-state index in [-0.39, 0.29) is 17.5 Å². The summed E-state index contributed by atoms with van der Waals surface area (Å²) in [5.74, 6) is -1.49. The molecule has 1 aromatic carbocycles. The zero-order valence-electron chi connectivity index (χ0n) is 9.37. The Morgan fingerprint density at radius 2 is 1.74 bits per heavy atom. The highest BCUT2D eigenvalue weighted by Gasteiger charge is 2.59. The van der Waals surface area contributed by atoms with Crippen LogP contribution >= 0.6 is 15.9 Å². The second-order valence-corrected chi connectivity index (χ2v) is 5.48. The molecule has 0 aromatic heterocycles. The van der Waals surface area contributed by atoms with Crippen LogP contribution in [-0.4, -0.2) is 11.8 Å². The van der Waals surface area contributed by atoms with E-state index in [0.717, 1.165) is 17.0 Å². The van der Waals surface area contributed by atoms with Crippen LogP contribution in [0.4, 0.5) is 18.9 Å². The third kappa shape index (κ3) is 1.87. The molecule has 100 valence electrons. The zero-order valence-corrected chi connectivity index (χ0v) is 11.0. The maximum absolute atomic E-state index is 12.7. The molecule has 2 unspecified atom stereocenters. The highest BCUT2D eigenvalue weighted by molar-refractivity contribution is 9.10. The van der Waals surface area contributed by atoms with Crippen LogP contribution in [0.5, 0.6) is 0 Å². The maximum Gasteiger partial charge on any atom is 0.416 e. The molecule has 1 aromatic rings. The van der Waals surface area contributed by atoms with Crippen molar-refractivity contribution in [3.63, 3.8) is 0 Å². The molecule has 19 heavy (non-hydrogen) atoms. The Morgan fingerprint density at radius 1 is 1.16 bits per heavy atom. The van der Waals surface area contributed by atoms with Crippen molar-refractivity contribution in [2.45, 2.75) is 12.6 Å². The molecular weight excluding hydrogens is 327 g/mol. The molecule has 1 aliphatic heterocycles. The van der Waals surface area contributed by atoms with Gasteiger partial charge in [-0.05, 0) is 40.5 Å². The Morgan fingerprint density at radius 3 is 2.26 bits per heavy atom. The number of amides is 2. The molecule has 1 saturated heterocycles. The van der Waals surface area contributed by atoms with Gasteiger partial charge >= 0.3 is 6.18 Å². The number of nitrogens with zero attached hydrogens (tertiary/aromatic N) is 1. The summed E-state index contributed by atoms with van der Waals surface area (Å²) in [7, 11) is 0. The van der Waals surface area contributed by atoms with E-state index >= 15 is 0 Å². The Bertz CT molecular complexity index is 579. The number of carbonyl (C=O) groups is 2. The van der Waals surface area contributed by atoms with E-state index in [0.29, 0.717) is 10.9 Å². The summed E-state index contributed by atoms with van der Waals surface area (Å²) in [5.41, 5.74) is -0.913. The topological polar surface area (TPSA) is 37.4 Å². The molecule has 3 rings (SSSR count). The van der Waals surface area contributed by atoms with Crippen molar-refractivity contribution in [3.05, 3.63) is 28.2 Å². The van der Waals surface area contributed by atoms with Crippen LogP contribution in [0.3, 0.4) is 0 Å². The highest BCUT2D eigenvalue weighted by atomic mass is 79.9. The molecule has 1 aliphatic carbocycles. The molecule has 2 fully saturated rings. The number of benzene rings is 1. The van der Waals surface area contributed by atoms with Crippen LogP contribution in [0.2, 0.25) is 0 Å². The van der Waals surface area contributed by atoms with Crippen molar-refractivity contribution in [1.29, 1.82) is 0 Å². The molecule has 0 radical (unpaired) electrons. The van der Waals surface area contributed by atoms with Gasteiger partial charge in [0.2, 0.25) is 11.8 Å². The van der Waals surface area contributed by atoms with Crippen molar-refractivity contribution in [2.24, 2.45) is 11.8 Å². The summed E-state index contributed by atoms with van der Waals surface area (Å²) in [6.07, 6.45) is -3.99. The number of piperidine rings is 1. The monoisotopic (exact) mass is 333 g/mol. The van der Waals surface area contributed by atoms with E-state index in [9.17, 15) is 22.8 Å². The fraction of sp³-hybridized carbons (Fsp3) is 0.333. The van der Waals surface area contributed by atoms with Crippen LogP contribution < -0.4 is 4.90 Å². The molecule has 0 spiro atoms. The summed E-state index contributed by atoms with van der Waals surface area (Å²) in [4.78, 5) is 24.6. The van der Waals surface area contributed by atoms with E-state index in [2.05, 4.69) is 15.9 Å². The molecule has 0 N–H and O–H groups in total. The SMILES string of the molecule is O=C1C2CC2C(=O)N1c1cc(C(F)(F)F)ccc1Br. The zero-order chi connectivity index (χ0) is 13.9. The van der Waals surface area contributed by atoms with Gasteiger partial charge in [0.1, 0.15) is 0 Å². The largest absolute Gasteiger partial charge is 0.416 e. The molecule has 2 amide bonds. The predicted molar refractivity (Wildman–Crippen MR) is 63.2 cm³/mol. The van der Waals surface area contributed by atoms with Gasteiger partial charge in [-0.1, -0.05) is 0 Å². The van der Waals surface area contributed by atoms with Crippen molar-refractivity contribution in [3.8, 4) is 0 Å². The minimum Gasteiger partial charge on any atom is -0.274 e. The van der Waals surface area contributed by atoms with E-state index in [4.69, 9.17) is 0 Å². The molecule has 1 heterocycles. The molecule has 1 saturated carbocycles. The number of hydrogen-bond donors (Lipinski definition) is 0. The lowest BCUT2D eigenvalue weighted by atomic mass is 10.1. The summed E-state index contributed by atoms with van der Waals surface area (Å²) < 4.78 is 38.3. The number of alkyl halides is 3. The third-order valence-electron chi connectivity index (χ3n) is 3.38. The second kappa shape index (κ2) is 3.82. The van der Waals surface area contributed by atoms with Gasteiger partial charge in [0.25, 0.3) is 0 Å². The Kier molecular flexibility index (Phi) is 2.54. The van der Waals surface area contributed by atoms with Crippen molar-refractivity contribution in [1.82, 2.24) is 0 Å². The van der Waals surface area contributed by atoms with Gasteiger partial charge in [0.05, 0.1) is 23.1 Å². The second-order valence-electron chi connectivity index (χ2n) is 4.62. The molecule has 3 nitrogen and oxygen atoms in total. The molecular formula is C12H7BrF3NO2. The average molecular weight is 334 g/mol. The highest BCUT2D eigenvalue weighted by Crippen LogP contribution is 2.49. The number of carbonyl (C=O) groups excluding carboxylic acids is 2. The number of anilines is 1. The Hall–Kier alpha value is -1.37. The van der Waals surface area contributed by atoms with Crippen molar-refractivity contribution in [2.75, 3.05) is 4.90 Å². The fourth-order valence-corrected chi connectivity index (χ4v) is 2.70. The van der Waals surface area contributed by atoms with Gasteiger partial charge in [-0.15, -0.1) is 0 Å². The fourth-order valence-electron chi connectivity index (χ4n) is 2.28. The van der Waals surface area contributed by atoms with Crippen LogP contribution in [0.15, 0.2) is 22.7 Å². The molecule has 7 heteroatoms. The normalized spacial score (nSPS) is 25.8. The smallest absolute Gasteiger partial charge is 0.274 e. The van der Waals surface area contributed by atoms with Gasteiger partial charge in [-0.2, -0.15) is 13.2 Å². The number of imide groups is 1. The third-order valence-corrected chi connectivity index (χ3v) is 4.05. The first-order chi connectivity index (χ1) is 8.80. The predicted octanol–water partition coefficient (Wildman–Crippen LogP) is 2.98. The molecule has 2 atom stereocenters. The lowest BCUT2D eigenvalue weighted by Gasteiger charge is -2.19. The molecule has 2 aliphatic rings. The van der Waals surface area contributed by atoms with Gasteiger partial charge in [0, 0.05) is 4.47 Å². The Balaban J connectivity index is 2.05. The average Bonchev–Trinajstić information content (AvgIpc) is 3.05. The molecule has 0 bridgehead atoms. The standard InChI is InChI=1S/C12H7BrF3NO2/c13-8-2-1-5(12(14,15)16)3-9(8)17-10(18)6-4-7(6)11(17)19/h1-3,6-7H,4H2. The lowest BCUT2D eigenvalue weighted by Crippen LogP contribution is -2.33.